The highest BCUT2D eigenvalue weighted by Gasteiger charge is 2.28. The zero-order valence-electron chi connectivity index (χ0n) is 16.3. The molecule has 0 aromatic heterocycles. The first-order chi connectivity index (χ1) is 15.0. The van der Waals surface area contributed by atoms with E-state index in [-0.39, 0.29) is 24.8 Å². The van der Waals surface area contributed by atoms with Crippen LogP contribution in [0.1, 0.15) is 22.6 Å². The third-order valence-corrected chi connectivity index (χ3v) is 5.38. The van der Waals surface area contributed by atoms with Gasteiger partial charge in [0, 0.05) is 18.1 Å². The van der Waals surface area contributed by atoms with Crippen molar-refractivity contribution in [1.82, 2.24) is 5.32 Å². The number of carbonyl (C=O) groups excluding carboxylic acids is 1. The van der Waals surface area contributed by atoms with E-state index in [1.165, 1.54) is 18.2 Å². The molecule has 0 aliphatic heterocycles. The minimum Gasteiger partial charge on any atom is -0.449 e. The summed E-state index contributed by atoms with van der Waals surface area (Å²) in [7, 11) is 0. The van der Waals surface area contributed by atoms with Crippen molar-refractivity contribution in [3.05, 3.63) is 98.6 Å². The summed E-state index contributed by atoms with van der Waals surface area (Å²) in [6.07, 6.45) is -0.582. The molecule has 0 saturated heterocycles. The van der Waals surface area contributed by atoms with Crippen molar-refractivity contribution in [2.75, 3.05) is 13.2 Å². The summed E-state index contributed by atoms with van der Waals surface area (Å²) in [6, 6.07) is 20.2. The topological polar surface area (TPSA) is 81.5 Å². The smallest absolute Gasteiger partial charge is 0.407 e. The summed E-state index contributed by atoms with van der Waals surface area (Å²) in [5, 5.41) is 13.7. The van der Waals surface area contributed by atoms with E-state index in [9.17, 15) is 14.9 Å². The standard InChI is InChI=1S/C24H17ClN2O4/c25-23-12-11-17(27(29)30)14-16(23)6-5-13-26-24(28)31-15-22-20-9-3-1-7-18(20)19-8-2-4-10-21(19)22/h1-4,7-12,14,22H,13,15H2,(H,26,28). The molecule has 0 radical (unpaired) electrons. The Kier molecular flexibility index (Phi) is 5.87. The van der Waals surface area contributed by atoms with Crippen molar-refractivity contribution in [3.8, 4) is 23.0 Å². The van der Waals surface area contributed by atoms with Gasteiger partial charge >= 0.3 is 6.09 Å². The second kappa shape index (κ2) is 8.90. The van der Waals surface area contributed by atoms with E-state index in [4.69, 9.17) is 16.3 Å². The van der Waals surface area contributed by atoms with Crippen LogP contribution in [0.5, 0.6) is 0 Å². The number of rotatable bonds is 4. The van der Waals surface area contributed by atoms with Gasteiger partial charge in [-0.2, -0.15) is 0 Å². The van der Waals surface area contributed by atoms with Gasteiger partial charge in [0.25, 0.3) is 5.69 Å². The Morgan fingerprint density at radius 1 is 1.06 bits per heavy atom. The van der Waals surface area contributed by atoms with Gasteiger partial charge in [0.05, 0.1) is 22.1 Å². The van der Waals surface area contributed by atoms with E-state index < -0.39 is 11.0 Å². The molecule has 7 heteroatoms. The maximum Gasteiger partial charge on any atom is 0.407 e. The number of alkyl carbamates (subject to hydrolysis) is 1. The van der Waals surface area contributed by atoms with Crippen molar-refractivity contribution < 1.29 is 14.5 Å². The number of nitro groups is 1. The summed E-state index contributed by atoms with van der Waals surface area (Å²) >= 11 is 6.01. The van der Waals surface area contributed by atoms with Gasteiger partial charge in [0.1, 0.15) is 6.61 Å². The molecule has 1 aliphatic rings. The van der Waals surface area contributed by atoms with E-state index in [0.717, 1.165) is 22.3 Å². The monoisotopic (exact) mass is 432 g/mol. The molecular formula is C24H17ClN2O4. The molecule has 0 bridgehead atoms. The lowest BCUT2D eigenvalue weighted by Gasteiger charge is -2.14. The molecule has 0 unspecified atom stereocenters. The van der Waals surface area contributed by atoms with Crippen LogP contribution in [-0.4, -0.2) is 24.2 Å². The van der Waals surface area contributed by atoms with Crippen LogP contribution in [0.15, 0.2) is 66.7 Å². The number of hydrogen-bond donors (Lipinski definition) is 1. The van der Waals surface area contributed by atoms with Crippen LogP contribution in [0.2, 0.25) is 5.02 Å². The van der Waals surface area contributed by atoms with Gasteiger partial charge in [-0.25, -0.2) is 4.79 Å². The number of carbonyl (C=O) groups is 1. The summed E-state index contributed by atoms with van der Waals surface area (Å²) < 4.78 is 5.43. The van der Waals surface area contributed by atoms with Crippen molar-refractivity contribution >= 4 is 23.4 Å². The number of nitro benzene ring substituents is 1. The highest BCUT2D eigenvalue weighted by atomic mass is 35.5. The van der Waals surface area contributed by atoms with Crippen LogP contribution in [0.4, 0.5) is 10.5 Å². The number of hydrogen-bond acceptors (Lipinski definition) is 4. The maximum absolute atomic E-state index is 12.1. The van der Waals surface area contributed by atoms with Gasteiger partial charge in [0.2, 0.25) is 0 Å². The average molecular weight is 433 g/mol. The van der Waals surface area contributed by atoms with E-state index in [1.807, 2.05) is 24.3 Å². The van der Waals surface area contributed by atoms with Crippen molar-refractivity contribution in [1.29, 1.82) is 0 Å². The molecule has 3 aromatic carbocycles. The molecule has 3 aromatic rings. The second-order valence-corrected chi connectivity index (χ2v) is 7.31. The van der Waals surface area contributed by atoms with E-state index in [0.29, 0.717) is 10.6 Å². The van der Waals surface area contributed by atoms with Gasteiger partial charge in [-0.1, -0.05) is 72.0 Å². The Bertz CT molecular complexity index is 1180. The van der Waals surface area contributed by atoms with Crippen LogP contribution in [-0.2, 0) is 4.74 Å². The number of amides is 1. The van der Waals surface area contributed by atoms with E-state index in [1.54, 1.807) is 0 Å². The maximum atomic E-state index is 12.1. The van der Waals surface area contributed by atoms with Crippen molar-refractivity contribution in [2.24, 2.45) is 0 Å². The van der Waals surface area contributed by atoms with Crippen LogP contribution >= 0.6 is 11.6 Å². The average Bonchev–Trinajstić information content (AvgIpc) is 3.10. The van der Waals surface area contributed by atoms with Crippen molar-refractivity contribution in [2.45, 2.75) is 5.92 Å². The molecule has 1 N–H and O–H groups in total. The molecular weight excluding hydrogens is 416 g/mol. The van der Waals surface area contributed by atoms with Crippen LogP contribution in [0.25, 0.3) is 11.1 Å². The fraction of sp³-hybridized carbons (Fsp3) is 0.125. The fourth-order valence-electron chi connectivity index (χ4n) is 3.63. The van der Waals surface area contributed by atoms with Crippen LogP contribution in [0.3, 0.4) is 0 Å². The first-order valence-corrected chi connectivity index (χ1v) is 9.94. The Balaban J connectivity index is 1.36. The highest BCUT2D eigenvalue weighted by Crippen LogP contribution is 2.44. The number of ether oxygens (including phenoxy) is 1. The molecule has 0 spiro atoms. The molecule has 0 saturated carbocycles. The van der Waals surface area contributed by atoms with Gasteiger partial charge in [-0.3, -0.25) is 10.1 Å². The molecule has 0 fully saturated rings. The second-order valence-electron chi connectivity index (χ2n) is 6.90. The SMILES string of the molecule is O=C(NCC#Cc1cc([N+](=O)[O-])ccc1Cl)OCC1c2ccccc2-c2ccccc21. The number of halogens is 1. The molecule has 154 valence electrons. The Labute approximate surface area is 184 Å². The molecule has 1 amide bonds. The highest BCUT2D eigenvalue weighted by molar-refractivity contribution is 6.31. The molecule has 0 heterocycles. The summed E-state index contributed by atoms with van der Waals surface area (Å²) in [5.74, 6) is 5.44. The molecule has 1 aliphatic carbocycles. The quantitative estimate of drug-likeness (QED) is 0.351. The minimum atomic E-state index is -0.582. The number of non-ortho nitro benzene ring substituents is 1. The van der Waals surface area contributed by atoms with Crippen molar-refractivity contribution in [3.63, 3.8) is 0 Å². The summed E-state index contributed by atoms with van der Waals surface area (Å²) in [6.45, 7) is 0.236. The number of nitrogens with zero attached hydrogens (tertiary/aromatic N) is 1. The molecule has 4 rings (SSSR count). The largest absolute Gasteiger partial charge is 0.449 e. The van der Waals surface area contributed by atoms with Crippen LogP contribution in [0, 0.1) is 22.0 Å². The Morgan fingerprint density at radius 2 is 1.71 bits per heavy atom. The Hall–Kier alpha value is -3.82. The Morgan fingerprint density at radius 3 is 2.35 bits per heavy atom. The lowest BCUT2D eigenvalue weighted by molar-refractivity contribution is -0.384. The predicted molar refractivity (Wildman–Crippen MR) is 118 cm³/mol. The summed E-state index contributed by atoms with van der Waals surface area (Å²) in [4.78, 5) is 22.5. The number of nitrogens with one attached hydrogen (secondary N) is 1. The lowest BCUT2D eigenvalue weighted by Crippen LogP contribution is -2.26. The van der Waals surface area contributed by atoms with Gasteiger partial charge < -0.3 is 10.1 Å². The van der Waals surface area contributed by atoms with E-state index in [2.05, 4.69) is 41.4 Å². The van der Waals surface area contributed by atoms with E-state index >= 15 is 0 Å². The van der Waals surface area contributed by atoms with Gasteiger partial charge in [0.15, 0.2) is 0 Å². The zero-order chi connectivity index (χ0) is 21.8. The summed E-state index contributed by atoms with van der Waals surface area (Å²) in [5.41, 5.74) is 4.82. The van der Waals surface area contributed by atoms with Crippen LogP contribution < -0.4 is 5.32 Å². The fourth-order valence-corrected chi connectivity index (χ4v) is 3.79. The number of benzene rings is 3. The lowest BCUT2D eigenvalue weighted by atomic mass is 9.98. The zero-order valence-corrected chi connectivity index (χ0v) is 17.1. The minimum absolute atomic E-state index is 0.0205. The van der Waals surface area contributed by atoms with Gasteiger partial charge in [-0.15, -0.1) is 0 Å². The molecule has 6 nitrogen and oxygen atoms in total. The molecule has 0 atom stereocenters. The third kappa shape index (κ3) is 4.37. The third-order valence-electron chi connectivity index (χ3n) is 5.05. The normalized spacial score (nSPS) is 11.6. The van der Waals surface area contributed by atoms with Gasteiger partial charge in [-0.05, 0) is 28.3 Å². The molecule has 31 heavy (non-hydrogen) atoms. The first kappa shape index (κ1) is 20.5. The number of fused-ring (bicyclic) bond motifs is 3. The predicted octanol–water partition coefficient (Wildman–Crippen LogP) is 5.14. The first-order valence-electron chi connectivity index (χ1n) is 9.56.